The summed E-state index contributed by atoms with van der Waals surface area (Å²) in [7, 11) is 0. The van der Waals surface area contributed by atoms with Gasteiger partial charge in [0.2, 0.25) is 10.6 Å². The Morgan fingerprint density at radius 2 is 2.08 bits per heavy atom. The van der Waals surface area contributed by atoms with Crippen molar-refractivity contribution < 1.29 is 9.15 Å². The van der Waals surface area contributed by atoms with Crippen LogP contribution in [0.1, 0.15) is 5.56 Å². The van der Waals surface area contributed by atoms with Gasteiger partial charge in [-0.15, -0.1) is 15.3 Å². The SMILES string of the molecule is Cc1cc(=O)oc2cc(Oc3ccc4nnc(Br)n4n3)c(Cl)cc12. The molecule has 0 radical (unpaired) electrons. The molecule has 24 heavy (non-hydrogen) atoms. The van der Waals surface area contributed by atoms with Gasteiger partial charge in [0, 0.05) is 23.6 Å². The van der Waals surface area contributed by atoms with Crippen molar-refractivity contribution >= 4 is 44.1 Å². The van der Waals surface area contributed by atoms with Gasteiger partial charge in [-0.1, -0.05) is 11.6 Å². The Bertz CT molecular complexity index is 1150. The standard InChI is InChI=1S/C15H8BrClN4O3/c1-7-4-14(22)24-10-6-11(9(17)5-8(7)10)23-13-3-2-12-18-19-15(16)21(12)20-13/h2-6H,1H3. The molecule has 0 fully saturated rings. The highest BCUT2D eigenvalue weighted by Crippen LogP contribution is 2.33. The van der Waals surface area contributed by atoms with Crippen LogP contribution in [0.4, 0.5) is 0 Å². The van der Waals surface area contributed by atoms with Crippen LogP contribution in [-0.4, -0.2) is 19.8 Å². The third-order valence-electron chi connectivity index (χ3n) is 3.42. The zero-order valence-electron chi connectivity index (χ0n) is 12.2. The second kappa shape index (κ2) is 5.57. The van der Waals surface area contributed by atoms with E-state index >= 15 is 0 Å². The van der Waals surface area contributed by atoms with Crippen LogP contribution in [0.3, 0.4) is 0 Å². The maximum atomic E-state index is 11.5. The summed E-state index contributed by atoms with van der Waals surface area (Å²) in [5.74, 6) is 0.619. The Balaban J connectivity index is 1.81. The molecule has 1 aromatic carbocycles. The van der Waals surface area contributed by atoms with E-state index in [1.165, 1.54) is 10.6 Å². The molecule has 120 valence electrons. The maximum absolute atomic E-state index is 11.5. The predicted octanol–water partition coefficient (Wildman–Crippen LogP) is 3.75. The number of aromatic nitrogens is 4. The monoisotopic (exact) mass is 406 g/mol. The number of fused-ring (bicyclic) bond motifs is 2. The number of nitrogens with zero attached hydrogens (tertiary/aromatic N) is 4. The highest BCUT2D eigenvalue weighted by Gasteiger charge is 2.12. The van der Waals surface area contributed by atoms with Gasteiger partial charge in [0.25, 0.3) is 0 Å². The fourth-order valence-electron chi connectivity index (χ4n) is 2.31. The van der Waals surface area contributed by atoms with Gasteiger partial charge in [0.05, 0.1) is 5.02 Å². The van der Waals surface area contributed by atoms with Crippen LogP contribution in [0.15, 0.2) is 44.3 Å². The van der Waals surface area contributed by atoms with Crippen LogP contribution >= 0.6 is 27.5 Å². The van der Waals surface area contributed by atoms with E-state index in [4.69, 9.17) is 20.8 Å². The summed E-state index contributed by atoms with van der Waals surface area (Å²) < 4.78 is 12.9. The van der Waals surface area contributed by atoms with Gasteiger partial charge in [0.1, 0.15) is 5.58 Å². The lowest BCUT2D eigenvalue weighted by molar-refractivity contribution is 0.450. The lowest BCUT2D eigenvalue weighted by Gasteiger charge is -2.09. The van der Waals surface area contributed by atoms with Crippen LogP contribution in [-0.2, 0) is 0 Å². The third kappa shape index (κ3) is 2.53. The average Bonchev–Trinajstić information content (AvgIpc) is 2.90. The fraction of sp³-hybridized carbons (Fsp3) is 0.0667. The largest absolute Gasteiger partial charge is 0.436 e. The lowest BCUT2D eigenvalue weighted by atomic mass is 10.1. The van der Waals surface area contributed by atoms with Crippen molar-refractivity contribution in [1.82, 2.24) is 19.8 Å². The molecule has 3 heterocycles. The quantitative estimate of drug-likeness (QED) is 0.471. The predicted molar refractivity (Wildman–Crippen MR) is 90.8 cm³/mol. The van der Waals surface area contributed by atoms with Crippen molar-refractivity contribution in [3.8, 4) is 11.6 Å². The van der Waals surface area contributed by atoms with Crippen LogP contribution in [0.2, 0.25) is 5.02 Å². The molecule has 0 saturated carbocycles. The van der Waals surface area contributed by atoms with E-state index in [1.54, 1.807) is 24.3 Å². The molecule has 4 rings (SSSR count). The molecule has 0 amide bonds. The molecule has 9 heteroatoms. The van der Waals surface area contributed by atoms with Crippen molar-refractivity contribution in [3.05, 3.63) is 56.1 Å². The van der Waals surface area contributed by atoms with Crippen LogP contribution in [0, 0.1) is 6.92 Å². The van der Waals surface area contributed by atoms with Gasteiger partial charge in [-0.05, 0) is 40.5 Å². The number of hydrogen-bond donors (Lipinski definition) is 0. The summed E-state index contributed by atoms with van der Waals surface area (Å²) in [5, 5.41) is 13.2. The second-order valence-corrected chi connectivity index (χ2v) is 6.16. The van der Waals surface area contributed by atoms with Gasteiger partial charge in [0.15, 0.2) is 11.4 Å². The second-order valence-electron chi connectivity index (χ2n) is 5.04. The molecule has 0 saturated heterocycles. The minimum Gasteiger partial charge on any atom is -0.436 e. The first kappa shape index (κ1) is 15.1. The van der Waals surface area contributed by atoms with E-state index in [1.807, 2.05) is 6.92 Å². The Hall–Kier alpha value is -2.45. The molecule has 0 bridgehead atoms. The Labute approximate surface area is 147 Å². The van der Waals surface area contributed by atoms with Crippen molar-refractivity contribution in [2.24, 2.45) is 0 Å². The van der Waals surface area contributed by atoms with Crippen LogP contribution in [0.5, 0.6) is 11.6 Å². The molecule has 0 aliphatic carbocycles. The van der Waals surface area contributed by atoms with Gasteiger partial charge in [-0.25, -0.2) is 4.79 Å². The molecular weight excluding hydrogens is 400 g/mol. The highest BCUT2D eigenvalue weighted by molar-refractivity contribution is 9.10. The first-order valence-corrected chi connectivity index (χ1v) is 7.98. The van der Waals surface area contributed by atoms with Crippen LogP contribution in [0.25, 0.3) is 16.6 Å². The smallest absolute Gasteiger partial charge is 0.336 e. The maximum Gasteiger partial charge on any atom is 0.336 e. The number of ether oxygens (including phenoxy) is 1. The van der Waals surface area contributed by atoms with Crippen molar-refractivity contribution in [2.45, 2.75) is 6.92 Å². The molecule has 0 atom stereocenters. The zero-order chi connectivity index (χ0) is 16.8. The molecule has 0 N–H and O–H groups in total. The highest BCUT2D eigenvalue weighted by atomic mass is 79.9. The Morgan fingerprint density at radius 3 is 2.92 bits per heavy atom. The number of benzene rings is 1. The van der Waals surface area contributed by atoms with E-state index in [0.29, 0.717) is 32.6 Å². The number of halogens is 2. The molecule has 0 spiro atoms. The summed E-state index contributed by atoms with van der Waals surface area (Å²) in [5.41, 5.74) is 1.32. The molecular formula is C15H8BrClN4O3. The summed E-state index contributed by atoms with van der Waals surface area (Å²) in [6, 6.07) is 8.03. The van der Waals surface area contributed by atoms with Gasteiger partial charge in [-0.2, -0.15) is 4.52 Å². The van der Waals surface area contributed by atoms with E-state index in [-0.39, 0.29) is 0 Å². The van der Waals surface area contributed by atoms with E-state index in [9.17, 15) is 4.79 Å². The molecule has 3 aromatic heterocycles. The van der Waals surface area contributed by atoms with E-state index < -0.39 is 5.63 Å². The van der Waals surface area contributed by atoms with Crippen LogP contribution < -0.4 is 10.4 Å². The van der Waals surface area contributed by atoms with E-state index in [2.05, 4.69) is 31.2 Å². The lowest BCUT2D eigenvalue weighted by Crippen LogP contribution is -1.99. The minimum absolute atomic E-state index is 0.291. The van der Waals surface area contributed by atoms with Crippen molar-refractivity contribution in [2.75, 3.05) is 0 Å². The number of hydrogen-bond acceptors (Lipinski definition) is 6. The minimum atomic E-state index is -0.429. The topological polar surface area (TPSA) is 82.5 Å². The number of aryl methyl sites for hydroxylation is 1. The van der Waals surface area contributed by atoms with E-state index in [0.717, 1.165) is 10.9 Å². The summed E-state index contributed by atoms with van der Waals surface area (Å²) >= 11 is 9.52. The number of rotatable bonds is 2. The normalized spacial score (nSPS) is 11.3. The Morgan fingerprint density at radius 1 is 1.25 bits per heavy atom. The molecule has 7 nitrogen and oxygen atoms in total. The summed E-state index contributed by atoms with van der Waals surface area (Å²) in [4.78, 5) is 11.5. The fourth-order valence-corrected chi connectivity index (χ4v) is 2.85. The zero-order valence-corrected chi connectivity index (χ0v) is 14.5. The van der Waals surface area contributed by atoms with Gasteiger partial charge < -0.3 is 9.15 Å². The van der Waals surface area contributed by atoms with Gasteiger partial charge >= 0.3 is 5.63 Å². The summed E-state index contributed by atoms with van der Waals surface area (Å²) in [6.45, 7) is 1.81. The van der Waals surface area contributed by atoms with Crippen molar-refractivity contribution in [3.63, 3.8) is 0 Å². The molecule has 0 aliphatic rings. The van der Waals surface area contributed by atoms with Gasteiger partial charge in [-0.3, -0.25) is 0 Å². The molecule has 0 unspecified atom stereocenters. The third-order valence-corrected chi connectivity index (χ3v) is 4.21. The average molecular weight is 408 g/mol. The van der Waals surface area contributed by atoms with Crippen molar-refractivity contribution in [1.29, 1.82) is 0 Å². The molecule has 4 aromatic rings. The Kier molecular flexibility index (Phi) is 3.50. The first-order chi connectivity index (χ1) is 11.5. The first-order valence-electron chi connectivity index (χ1n) is 6.81. The summed E-state index contributed by atoms with van der Waals surface area (Å²) in [6.07, 6.45) is 0. The molecule has 0 aliphatic heterocycles.